The largest absolute Gasteiger partial charge is 0.363 e. The summed E-state index contributed by atoms with van der Waals surface area (Å²) in [5.74, 6) is 0. The Bertz CT molecular complexity index is 351. The Morgan fingerprint density at radius 3 is 2.50 bits per heavy atom. The van der Waals surface area contributed by atoms with Crippen molar-refractivity contribution in [1.29, 1.82) is 0 Å². The highest BCUT2D eigenvalue weighted by Crippen LogP contribution is 2.34. The molecule has 1 heterocycles. The van der Waals surface area contributed by atoms with E-state index in [0.29, 0.717) is 16.2 Å². The number of amidine groups is 1. The van der Waals surface area contributed by atoms with Crippen LogP contribution in [-0.4, -0.2) is 48.0 Å². The van der Waals surface area contributed by atoms with E-state index < -0.39 is 0 Å². The molecule has 1 unspecified atom stereocenters. The third-order valence-corrected chi connectivity index (χ3v) is 5.75. The Morgan fingerprint density at radius 1 is 1.30 bits per heavy atom. The quantitative estimate of drug-likeness (QED) is 0.862. The molecule has 2 rings (SSSR count). The Morgan fingerprint density at radius 2 is 1.95 bits per heavy atom. The molecular weight excluding hydrogens is 266 g/mol. The SMILES string of the molecule is CN(C)C1(CNC2=NCC(CC(C)(C)C)S2)CCCC1. The molecule has 0 aromatic carbocycles. The molecule has 20 heavy (non-hydrogen) atoms. The Kier molecular flexibility index (Phi) is 5.06. The van der Waals surface area contributed by atoms with E-state index in [9.17, 15) is 0 Å². The van der Waals surface area contributed by atoms with Crippen molar-refractivity contribution in [3.63, 3.8) is 0 Å². The van der Waals surface area contributed by atoms with Crippen molar-refractivity contribution >= 4 is 16.9 Å². The smallest absolute Gasteiger partial charge is 0.156 e. The van der Waals surface area contributed by atoms with Gasteiger partial charge in [-0.25, -0.2) is 0 Å². The van der Waals surface area contributed by atoms with Crippen LogP contribution in [0.2, 0.25) is 0 Å². The molecule has 0 spiro atoms. The fraction of sp³-hybridized carbons (Fsp3) is 0.938. The van der Waals surface area contributed by atoms with Gasteiger partial charge in [0.2, 0.25) is 0 Å². The van der Waals surface area contributed by atoms with Gasteiger partial charge in [0, 0.05) is 17.3 Å². The molecule has 1 aliphatic heterocycles. The summed E-state index contributed by atoms with van der Waals surface area (Å²) in [5, 5.41) is 5.47. The van der Waals surface area contributed by atoms with Crippen molar-refractivity contribution in [2.45, 2.75) is 63.7 Å². The van der Waals surface area contributed by atoms with Gasteiger partial charge in [-0.05, 0) is 38.8 Å². The Hall–Kier alpha value is -0.220. The fourth-order valence-electron chi connectivity index (χ4n) is 3.36. The van der Waals surface area contributed by atoms with E-state index in [2.05, 4.69) is 45.1 Å². The summed E-state index contributed by atoms with van der Waals surface area (Å²) in [4.78, 5) is 7.12. The lowest BCUT2D eigenvalue weighted by atomic mass is 9.90. The van der Waals surface area contributed by atoms with Crippen LogP contribution in [0.5, 0.6) is 0 Å². The minimum atomic E-state index is 0.352. The van der Waals surface area contributed by atoms with Crippen LogP contribution in [0.25, 0.3) is 0 Å². The molecule has 1 atom stereocenters. The highest BCUT2D eigenvalue weighted by atomic mass is 32.2. The maximum atomic E-state index is 4.70. The van der Waals surface area contributed by atoms with Gasteiger partial charge in [0.15, 0.2) is 5.17 Å². The van der Waals surface area contributed by atoms with Crippen LogP contribution in [0.3, 0.4) is 0 Å². The first-order valence-corrected chi connectivity index (χ1v) is 8.81. The number of nitrogens with zero attached hydrogens (tertiary/aromatic N) is 2. The van der Waals surface area contributed by atoms with Crippen molar-refractivity contribution in [3.05, 3.63) is 0 Å². The van der Waals surface area contributed by atoms with Gasteiger partial charge in [-0.2, -0.15) is 0 Å². The summed E-state index contributed by atoms with van der Waals surface area (Å²) in [6.07, 6.45) is 6.61. The van der Waals surface area contributed by atoms with Gasteiger partial charge in [0.1, 0.15) is 0 Å². The van der Waals surface area contributed by atoms with Crippen molar-refractivity contribution in [1.82, 2.24) is 10.2 Å². The molecule has 0 amide bonds. The zero-order valence-electron chi connectivity index (χ0n) is 13.8. The maximum absolute atomic E-state index is 4.70. The van der Waals surface area contributed by atoms with Gasteiger partial charge >= 0.3 is 0 Å². The van der Waals surface area contributed by atoms with Crippen molar-refractivity contribution < 1.29 is 0 Å². The van der Waals surface area contributed by atoms with E-state index in [-0.39, 0.29) is 0 Å². The number of aliphatic imine (C=N–C) groups is 1. The highest BCUT2D eigenvalue weighted by Gasteiger charge is 2.36. The van der Waals surface area contributed by atoms with Gasteiger partial charge in [-0.15, -0.1) is 0 Å². The second kappa shape index (κ2) is 6.27. The number of thioether (sulfide) groups is 1. The normalized spacial score (nSPS) is 26.1. The van der Waals surface area contributed by atoms with Crippen LogP contribution < -0.4 is 5.32 Å². The van der Waals surface area contributed by atoms with Gasteiger partial charge in [-0.1, -0.05) is 45.4 Å². The summed E-state index contributed by atoms with van der Waals surface area (Å²) in [6, 6.07) is 0. The summed E-state index contributed by atoms with van der Waals surface area (Å²) in [6.45, 7) is 8.99. The van der Waals surface area contributed by atoms with Crippen LogP contribution in [0.4, 0.5) is 0 Å². The van der Waals surface area contributed by atoms with Crippen molar-refractivity contribution in [3.8, 4) is 0 Å². The average molecular weight is 298 g/mol. The number of likely N-dealkylation sites (N-methyl/N-ethyl adjacent to an activating group) is 1. The van der Waals surface area contributed by atoms with Crippen LogP contribution in [0, 0.1) is 5.41 Å². The van der Waals surface area contributed by atoms with E-state index in [1.165, 1.54) is 37.3 Å². The second-order valence-electron chi connectivity index (χ2n) is 7.83. The molecule has 1 fully saturated rings. The molecular formula is C16H31N3S. The minimum absolute atomic E-state index is 0.352. The molecule has 2 aliphatic rings. The first-order valence-electron chi connectivity index (χ1n) is 7.93. The molecule has 0 bridgehead atoms. The number of rotatable bonds is 4. The standard InChI is InChI=1S/C16H31N3S/c1-15(2,3)10-13-11-17-14(20-13)18-12-16(19(4)5)8-6-7-9-16/h13H,6-12H2,1-5H3,(H,17,18). The topological polar surface area (TPSA) is 27.6 Å². The second-order valence-corrected chi connectivity index (χ2v) is 9.12. The number of hydrogen-bond acceptors (Lipinski definition) is 4. The van der Waals surface area contributed by atoms with Gasteiger partial charge in [0.05, 0.1) is 6.54 Å². The average Bonchev–Trinajstić information content (AvgIpc) is 2.93. The van der Waals surface area contributed by atoms with Gasteiger partial charge in [0.25, 0.3) is 0 Å². The van der Waals surface area contributed by atoms with Crippen molar-refractivity contribution in [2.24, 2.45) is 10.4 Å². The van der Waals surface area contributed by atoms with E-state index in [0.717, 1.165) is 13.1 Å². The maximum Gasteiger partial charge on any atom is 0.156 e. The van der Waals surface area contributed by atoms with Crippen LogP contribution >= 0.6 is 11.8 Å². The molecule has 1 aliphatic carbocycles. The molecule has 0 radical (unpaired) electrons. The van der Waals surface area contributed by atoms with Crippen LogP contribution in [-0.2, 0) is 0 Å². The van der Waals surface area contributed by atoms with Gasteiger partial charge < -0.3 is 10.2 Å². The van der Waals surface area contributed by atoms with E-state index >= 15 is 0 Å². The zero-order valence-corrected chi connectivity index (χ0v) is 14.6. The van der Waals surface area contributed by atoms with E-state index in [1.807, 2.05) is 11.8 Å². The third kappa shape index (κ3) is 4.14. The molecule has 116 valence electrons. The number of hydrogen-bond donors (Lipinski definition) is 1. The lowest BCUT2D eigenvalue weighted by Crippen LogP contribution is -2.50. The lowest BCUT2D eigenvalue weighted by molar-refractivity contribution is 0.161. The minimum Gasteiger partial charge on any atom is -0.363 e. The molecule has 4 heteroatoms. The predicted molar refractivity (Wildman–Crippen MR) is 90.6 cm³/mol. The molecule has 0 aromatic rings. The zero-order chi connectivity index (χ0) is 14.8. The first-order chi connectivity index (χ1) is 9.31. The Labute approximate surface area is 129 Å². The molecule has 1 N–H and O–H groups in total. The predicted octanol–water partition coefficient (Wildman–Crippen LogP) is 3.36. The monoisotopic (exact) mass is 297 g/mol. The molecule has 0 aromatic heterocycles. The van der Waals surface area contributed by atoms with E-state index in [1.54, 1.807) is 0 Å². The molecule has 3 nitrogen and oxygen atoms in total. The summed E-state index contributed by atoms with van der Waals surface area (Å²) >= 11 is 1.95. The molecule has 1 saturated carbocycles. The summed E-state index contributed by atoms with van der Waals surface area (Å²) < 4.78 is 0. The highest BCUT2D eigenvalue weighted by molar-refractivity contribution is 8.14. The summed E-state index contributed by atoms with van der Waals surface area (Å²) in [7, 11) is 4.44. The van der Waals surface area contributed by atoms with Crippen LogP contribution in [0.1, 0.15) is 52.9 Å². The van der Waals surface area contributed by atoms with Crippen LogP contribution in [0.15, 0.2) is 4.99 Å². The lowest BCUT2D eigenvalue weighted by Gasteiger charge is -2.36. The Balaban J connectivity index is 1.80. The molecule has 0 saturated heterocycles. The number of nitrogens with one attached hydrogen (secondary N) is 1. The summed E-state index contributed by atoms with van der Waals surface area (Å²) in [5.41, 5.74) is 0.754. The third-order valence-electron chi connectivity index (χ3n) is 4.61. The van der Waals surface area contributed by atoms with Crippen molar-refractivity contribution in [2.75, 3.05) is 27.2 Å². The van der Waals surface area contributed by atoms with E-state index in [4.69, 9.17) is 4.99 Å². The van der Waals surface area contributed by atoms with Gasteiger partial charge in [-0.3, -0.25) is 4.99 Å². The fourth-order valence-corrected chi connectivity index (χ4v) is 4.71. The first kappa shape index (κ1) is 16.2.